The SMILES string of the molecule is CC(=O)OC(C)(N)N1CCOCC1.Cl.Cl. The summed E-state index contributed by atoms with van der Waals surface area (Å²) in [4.78, 5) is 12.6. The fourth-order valence-corrected chi connectivity index (χ4v) is 1.36. The minimum atomic E-state index is -1.00. The van der Waals surface area contributed by atoms with Crippen LogP contribution in [0.2, 0.25) is 0 Å². The van der Waals surface area contributed by atoms with Crippen molar-refractivity contribution in [3.63, 3.8) is 0 Å². The Morgan fingerprint density at radius 2 is 1.87 bits per heavy atom. The summed E-state index contributed by atoms with van der Waals surface area (Å²) in [5, 5.41) is 0. The van der Waals surface area contributed by atoms with Gasteiger partial charge < -0.3 is 9.47 Å². The predicted molar refractivity (Wildman–Crippen MR) is 61.2 cm³/mol. The highest BCUT2D eigenvalue weighted by Crippen LogP contribution is 2.12. The predicted octanol–water partition coefficient (Wildman–Crippen LogP) is 0.358. The van der Waals surface area contributed by atoms with E-state index in [0.717, 1.165) is 0 Å². The smallest absolute Gasteiger partial charge is 0.305 e. The standard InChI is InChI=1S/C8H16N2O3.2ClH/c1-7(11)13-8(2,9)10-3-5-12-6-4-10;;/h3-6,9H2,1-2H3;2*1H. The van der Waals surface area contributed by atoms with Crippen molar-refractivity contribution in [3.05, 3.63) is 0 Å². The van der Waals surface area contributed by atoms with Gasteiger partial charge in [0.25, 0.3) is 0 Å². The first-order valence-electron chi connectivity index (χ1n) is 4.33. The first kappa shape index (κ1) is 17.3. The third kappa shape index (κ3) is 5.53. The van der Waals surface area contributed by atoms with Gasteiger partial charge >= 0.3 is 5.97 Å². The molecule has 0 amide bonds. The molecule has 7 heteroatoms. The third-order valence-electron chi connectivity index (χ3n) is 1.99. The van der Waals surface area contributed by atoms with E-state index in [9.17, 15) is 4.79 Å². The Morgan fingerprint density at radius 1 is 1.40 bits per heavy atom. The summed E-state index contributed by atoms with van der Waals surface area (Å²) in [5.41, 5.74) is 5.82. The Kier molecular flexibility index (Phi) is 8.37. The molecular formula is C8H18Cl2N2O3. The number of halogens is 2. The van der Waals surface area contributed by atoms with E-state index >= 15 is 0 Å². The molecule has 1 aliphatic heterocycles. The number of hydrogen-bond acceptors (Lipinski definition) is 5. The summed E-state index contributed by atoms with van der Waals surface area (Å²) in [6.45, 7) is 5.69. The molecule has 15 heavy (non-hydrogen) atoms. The van der Waals surface area contributed by atoms with Crippen molar-refractivity contribution in [3.8, 4) is 0 Å². The van der Waals surface area contributed by atoms with E-state index < -0.39 is 5.85 Å². The van der Waals surface area contributed by atoms with Crippen LogP contribution < -0.4 is 5.73 Å². The summed E-state index contributed by atoms with van der Waals surface area (Å²) >= 11 is 0. The lowest BCUT2D eigenvalue weighted by molar-refractivity contribution is -0.185. The Labute approximate surface area is 102 Å². The van der Waals surface area contributed by atoms with E-state index in [2.05, 4.69) is 0 Å². The lowest BCUT2D eigenvalue weighted by atomic mass is 10.3. The van der Waals surface area contributed by atoms with Crippen molar-refractivity contribution < 1.29 is 14.3 Å². The first-order chi connectivity index (χ1) is 6.02. The fourth-order valence-electron chi connectivity index (χ4n) is 1.36. The van der Waals surface area contributed by atoms with Crippen LogP contribution in [0.5, 0.6) is 0 Å². The number of hydrogen-bond donors (Lipinski definition) is 1. The molecule has 0 aromatic rings. The lowest BCUT2D eigenvalue weighted by Gasteiger charge is -2.38. The number of rotatable bonds is 2. The second-order valence-corrected chi connectivity index (χ2v) is 3.25. The Bertz CT molecular complexity index is 196. The molecule has 0 spiro atoms. The number of ether oxygens (including phenoxy) is 2. The topological polar surface area (TPSA) is 64.8 Å². The molecule has 0 aliphatic carbocycles. The molecule has 0 aromatic carbocycles. The molecule has 1 unspecified atom stereocenters. The zero-order valence-electron chi connectivity index (χ0n) is 8.89. The van der Waals surface area contributed by atoms with Crippen molar-refractivity contribution in [2.45, 2.75) is 19.7 Å². The zero-order chi connectivity index (χ0) is 9.90. The van der Waals surface area contributed by atoms with Crippen molar-refractivity contribution in [1.29, 1.82) is 0 Å². The summed E-state index contributed by atoms with van der Waals surface area (Å²) in [6, 6.07) is 0. The number of morpholine rings is 1. The van der Waals surface area contributed by atoms with Gasteiger partial charge in [0.05, 0.1) is 13.2 Å². The monoisotopic (exact) mass is 260 g/mol. The average Bonchev–Trinajstić information content (AvgIpc) is 2.04. The Morgan fingerprint density at radius 3 is 2.27 bits per heavy atom. The number of carbonyl (C=O) groups excluding carboxylic acids is 1. The van der Waals surface area contributed by atoms with Gasteiger partial charge in [-0.3, -0.25) is 10.5 Å². The number of nitrogens with zero attached hydrogens (tertiary/aromatic N) is 1. The fraction of sp³-hybridized carbons (Fsp3) is 0.875. The molecule has 1 fully saturated rings. The van der Waals surface area contributed by atoms with Crippen LogP contribution in [0.4, 0.5) is 0 Å². The van der Waals surface area contributed by atoms with Gasteiger partial charge in [0.2, 0.25) is 5.85 Å². The van der Waals surface area contributed by atoms with Gasteiger partial charge in [-0.2, -0.15) is 0 Å². The van der Waals surface area contributed by atoms with Gasteiger partial charge in [0.15, 0.2) is 0 Å². The van der Waals surface area contributed by atoms with Gasteiger partial charge in [-0.05, 0) is 0 Å². The number of nitrogens with two attached hydrogens (primary N) is 1. The van der Waals surface area contributed by atoms with Crippen LogP contribution in [0.15, 0.2) is 0 Å². The van der Waals surface area contributed by atoms with Gasteiger partial charge in [0.1, 0.15) is 0 Å². The first-order valence-corrected chi connectivity index (χ1v) is 4.33. The van der Waals surface area contributed by atoms with Crippen molar-refractivity contribution in [1.82, 2.24) is 4.90 Å². The molecule has 1 rings (SSSR count). The van der Waals surface area contributed by atoms with Gasteiger partial charge in [0, 0.05) is 26.9 Å². The number of esters is 1. The third-order valence-corrected chi connectivity index (χ3v) is 1.99. The van der Waals surface area contributed by atoms with E-state index in [-0.39, 0.29) is 30.8 Å². The maximum Gasteiger partial charge on any atom is 0.305 e. The van der Waals surface area contributed by atoms with E-state index in [1.807, 2.05) is 4.90 Å². The molecule has 2 N–H and O–H groups in total. The Balaban J connectivity index is 0. The van der Waals surface area contributed by atoms with Crippen LogP contribution in [-0.4, -0.2) is 43.0 Å². The maximum absolute atomic E-state index is 10.7. The van der Waals surface area contributed by atoms with Crippen LogP contribution in [0.25, 0.3) is 0 Å². The van der Waals surface area contributed by atoms with Crippen LogP contribution in [0.3, 0.4) is 0 Å². The molecule has 5 nitrogen and oxygen atoms in total. The molecule has 1 aliphatic rings. The highest BCUT2D eigenvalue weighted by Gasteiger charge is 2.31. The van der Waals surface area contributed by atoms with Crippen LogP contribution in [-0.2, 0) is 14.3 Å². The molecule has 1 atom stereocenters. The van der Waals surface area contributed by atoms with Gasteiger partial charge in [-0.1, -0.05) is 0 Å². The quantitative estimate of drug-likeness (QED) is 0.574. The normalized spacial score (nSPS) is 20.5. The highest BCUT2D eigenvalue weighted by molar-refractivity contribution is 5.85. The van der Waals surface area contributed by atoms with E-state index in [1.54, 1.807) is 6.92 Å². The molecule has 0 aromatic heterocycles. The number of carbonyl (C=O) groups is 1. The summed E-state index contributed by atoms with van der Waals surface area (Å²) in [7, 11) is 0. The average molecular weight is 261 g/mol. The summed E-state index contributed by atoms with van der Waals surface area (Å²) in [5.74, 6) is -1.37. The van der Waals surface area contributed by atoms with Crippen LogP contribution in [0.1, 0.15) is 13.8 Å². The second kappa shape index (κ2) is 7.24. The van der Waals surface area contributed by atoms with E-state index in [0.29, 0.717) is 26.3 Å². The van der Waals surface area contributed by atoms with Crippen molar-refractivity contribution in [2.24, 2.45) is 5.73 Å². The van der Waals surface area contributed by atoms with E-state index in [4.69, 9.17) is 15.2 Å². The molecular weight excluding hydrogens is 243 g/mol. The van der Waals surface area contributed by atoms with E-state index in [1.165, 1.54) is 6.92 Å². The van der Waals surface area contributed by atoms with Crippen molar-refractivity contribution >= 4 is 30.8 Å². The molecule has 0 radical (unpaired) electrons. The van der Waals surface area contributed by atoms with Gasteiger partial charge in [-0.15, -0.1) is 24.8 Å². The minimum absolute atomic E-state index is 0. The zero-order valence-corrected chi connectivity index (χ0v) is 10.5. The summed E-state index contributed by atoms with van der Waals surface area (Å²) in [6.07, 6.45) is 0. The summed E-state index contributed by atoms with van der Waals surface area (Å²) < 4.78 is 10.1. The Hall–Kier alpha value is -0.0700. The van der Waals surface area contributed by atoms with Crippen LogP contribution in [0, 0.1) is 0 Å². The lowest BCUT2D eigenvalue weighted by Crippen LogP contribution is -2.59. The molecule has 92 valence electrons. The second-order valence-electron chi connectivity index (χ2n) is 3.25. The molecule has 0 saturated carbocycles. The minimum Gasteiger partial charge on any atom is -0.431 e. The maximum atomic E-state index is 10.7. The molecule has 0 bridgehead atoms. The largest absolute Gasteiger partial charge is 0.431 e. The molecule has 1 heterocycles. The van der Waals surface area contributed by atoms with Crippen LogP contribution >= 0.6 is 24.8 Å². The highest BCUT2D eigenvalue weighted by atomic mass is 35.5. The van der Waals surface area contributed by atoms with Gasteiger partial charge in [-0.25, -0.2) is 4.90 Å². The molecule has 1 saturated heterocycles. The van der Waals surface area contributed by atoms with Crippen molar-refractivity contribution in [2.75, 3.05) is 26.3 Å².